The average Bonchev–Trinajstić information content (AvgIpc) is 3.31. The molecule has 1 amide bonds. The topological polar surface area (TPSA) is 81.2 Å². The normalized spacial score (nSPS) is 11.7. The molecule has 0 saturated heterocycles. The molecule has 0 spiro atoms. The molecule has 0 aliphatic rings. The summed E-state index contributed by atoms with van der Waals surface area (Å²) >= 11 is 7.43. The molecule has 0 radical (unpaired) electrons. The van der Waals surface area contributed by atoms with E-state index in [0.29, 0.717) is 52.7 Å². The molecule has 0 bridgehead atoms. The maximum absolute atomic E-state index is 13.5. The van der Waals surface area contributed by atoms with Crippen LogP contribution in [0.1, 0.15) is 41.1 Å². The molecular weight excluding hydrogens is 491 g/mol. The Bertz CT molecular complexity index is 1310. The fraction of sp³-hybridized carbons (Fsp3) is 0.240. The van der Waals surface area contributed by atoms with Crippen molar-refractivity contribution in [3.05, 3.63) is 98.4 Å². The summed E-state index contributed by atoms with van der Waals surface area (Å²) < 4.78 is 1.69. The number of hydrogen-bond donors (Lipinski definition) is 1. The van der Waals surface area contributed by atoms with E-state index in [4.69, 9.17) is 22.3 Å². The molecule has 4 rings (SSSR count). The molecule has 6 nitrogen and oxygen atoms in total. The van der Waals surface area contributed by atoms with Gasteiger partial charge in [-0.25, -0.2) is 4.98 Å². The van der Waals surface area contributed by atoms with Gasteiger partial charge in [-0.15, -0.1) is 23.7 Å². The maximum Gasteiger partial charge on any atom is 0.262 e. The van der Waals surface area contributed by atoms with Gasteiger partial charge in [-0.1, -0.05) is 48.9 Å². The van der Waals surface area contributed by atoms with E-state index in [2.05, 4.69) is 0 Å². The van der Waals surface area contributed by atoms with Crippen molar-refractivity contribution >= 4 is 51.5 Å². The monoisotopic (exact) mass is 516 g/mol. The van der Waals surface area contributed by atoms with E-state index in [-0.39, 0.29) is 23.9 Å². The van der Waals surface area contributed by atoms with Gasteiger partial charge in [-0.2, -0.15) is 0 Å². The van der Waals surface area contributed by atoms with Gasteiger partial charge in [0.15, 0.2) is 0 Å². The Morgan fingerprint density at radius 1 is 1.15 bits per heavy atom. The highest BCUT2D eigenvalue weighted by atomic mass is 35.5. The maximum atomic E-state index is 13.5. The van der Waals surface area contributed by atoms with Crippen LogP contribution in [0.5, 0.6) is 0 Å². The zero-order valence-corrected chi connectivity index (χ0v) is 21.1. The number of benzene rings is 2. The summed E-state index contributed by atoms with van der Waals surface area (Å²) in [7, 11) is 0. The van der Waals surface area contributed by atoms with Crippen molar-refractivity contribution in [3.8, 4) is 0 Å². The Kier molecular flexibility index (Phi) is 8.85. The second kappa shape index (κ2) is 11.6. The number of halogens is 2. The van der Waals surface area contributed by atoms with Crippen LogP contribution in [0.3, 0.4) is 0 Å². The van der Waals surface area contributed by atoms with Crippen LogP contribution in [0.2, 0.25) is 5.02 Å². The van der Waals surface area contributed by atoms with Crippen molar-refractivity contribution in [2.75, 3.05) is 13.1 Å². The van der Waals surface area contributed by atoms with Gasteiger partial charge in [0, 0.05) is 23.7 Å². The molecule has 0 fully saturated rings. The first-order chi connectivity index (χ1) is 16.0. The van der Waals surface area contributed by atoms with E-state index < -0.39 is 6.04 Å². The molecular formula is C25H26Cl2N4O2S. The van der Waals surface area contributed by atoms with Gasteiger partial charge in [0.2, 0.25) is 0 Å². The van der Waals surface area contributed by atoms with Crippen LogP contribution >= 0.6 is 35.3 Å². The van der Waals surface area contributed by atoms with Crippen LogP contribution < -0.4 is 11.3 Å². The van der Waals surface area contributed by atoms with Gasteiger partial charge in [-0.05, 0) is 47.7 Å². The molecule has 9 heteroatoms. The molecule has 2 aromatic carbocycles. The van der Waals surface area contributed by atoms with Gasteiger partial charge in [0.25, 0.3) is 11.5 Å². The van der Waals surface area contributed by atoms with Crippen LogP contribution in [-0.4, -0.2) is 33.4 Å². The van der Waals surface area contributed by atoms with Crippen molar-refractivity contribution in [2.24, 2.45) is 5.73 Å². The standard InChI is InChI=1S/C25H25ClN4O2S.ClH/c1-2-21(29(14-13-27)24(31)18-8-10-19(26)11-9-18)22-28-23-20(12-15-33-23)25(32)30(22)16-17-6-4-3-5-7-17;/h3-12,15,21H,2,13-14,16,27H2,1H3;1H. The summed E-state index contributed by atoms with van der Waals surface area (Å²) in [5.74, 6) is 0.396. The summed E-state index contributed by atoms with van der Waals surface area (Å²) in [4.78, 5) is 34.2. The zero-order chi connectivity index (χ0) is 23.4. The summed E-state index contributed by atoms with van der Waals surface area (Å²) in [6.45, 7) is 2.99. The first kappa shape index (κ1) is 25.9. The van der Waals surface area contributed by atoms with Crippen LogP contribution in [0.4, 0.5) is 0 Å². The second-order valence-corrected chi connectivity index (χ2v) is 9.04. The largest absolute Gasteiger partial charge is 0.329 e. The third-order valence-corrected chi connectivity index (χ3v) is 6.64. The molecule has 0 aliphatic carbocycles. The van der Waals surface area contributed by atoms with E-state index >= 15 is 0 Å². The van der Waals surface area contributed by atoms with Gasteiger partial charge in [0.05, 0.1) is 18.0 Å². The van der Waals surface area contributed by atoms with Gasteiger partial charge in [-0.3, -0.25) is 14.2 Å². The minimum absolute atomic E-state index is 0. The average molecular weight is 517 g/mol. The highest BCUT2D eigenvalue weighted by Crippen LogP contribution is 2.27. The van der Waals surface area contributed by atoms with Gasteiger partial charge in [0.1, 0.15) is 10.7 Å². The number of rotatable bonds is 8. The lowest BCUT2D eigenvalue weighted by atomic mass is 10.1. The molecule has 1 unspecified atom stereocenters. The Balaban J connectivity index is 0.00000324. The predicted molar refractivity (Wildman–Crippen MR) is 141 cm³/mol. The summed E-state index contributed by atoms with van der Waals surface area (Å²) in [5.41, 5.74) is 7.30. The molecule has 2 heterocycles. The first-order valence-electron chi connectivity index (χ1n) is 10.8. The molecule has 0 aliphatic heterocycles. The fourth-order valence-corrected chi connectivity index (χ4v) is 4.86. The van der Waals surface area contributed by atoms with Crippen molar-refractivity contribution in [1.82, 2.24) is 14.5 Å². The number of carbonyl (C=O) groups is 1. The van der Waals surface area contributed by atoms with Crippen molar-refractivity contribution < 1.29 is 4.79 Å². The second-order valence-electron chi connectivity index (χ2n) is 7.70. The fourth-order valence-electron chi connectivity index (χ4n) is 3.98. The van der Waals surface area contributed by atoms with E-state index in [1.54, 1.807) is 39.8 Å². The first-order valence-corrected chi connectivity index (χ1v) is 12.1. The number of nitrogens with two attached hydrogens (primary N) is 1. The van der Waals surface area contributed by atoms with Crippen molar-refractivity contribution in [1.29, 1.82) is 0 Å². The summed E-state index contributed by atoms with van der Waals surface area (Å²) in [6, 6.07) is 18.0. The third kappa shape index (κ3) is 5.33. The third-order valence-electron chi connectivity index (χ3n) is 5.58. The number of aromatic nitrogens is 2. The number of fused-ring (bicyclic) bond motifs is 1. The molecule has 1 atom stereocenters. The number of thiophene rings is 1. The highest BCUT2D eigenvalue weighted by molar-refractivity contribution is 7.16. The van der Waals surface area contributed by atoms with E-state index in [1.165, 1.54) is 11.3 Å². The molecule has 0 saturated carbocycles. The number of nitrogens with zero attached hydrogens (tertiary/aromatic N) is 3. The minimum Gasteiger partial charge on any atom is -0.329 e. The van der Waals surface area contributed by atoms with Crippen LogP contribution in [0, 0.1) is 0 Å². The Morgan fingerprint density at radius 3 is 2.50 bits per heavy atom. The van der Waals surface area contributed by atoms with Crippen molar-refractivity contribution in [3.63, 3.8) is 0 Å². The molecule has 178 valence electrons. The Morgan fingerprint density at radius 2 is 1.85 bits per heavy atom. The van der Waals surface area contributed by atoms with Gasteiger partial charge >= 0.3 is 0 Å². The number of carbonyl (C=O) groups excluding carboxylic acids is 1. The van der Waals surface area contributed by atoms with E-state index in [0.717, 1.165) is 5.56 Å². The molecule has 2 aromatic heterocycles. The Labute approximate surface area is 213 Å². The molecule has 2 N–H and O–H groups in total. The SMILES string of the molecule is CCC(c1nc2sccc2c(=O)n1Cc1ccccc1)N(CCN)C(=O)c1ccc(Cl)cc1.Cl. The van der Waals surface area contributed by atoms with E-state index in [1.807, 2.05) is 42.6 Å². The number of hydrogen-bond acceptors (Lipinski definition) is 5. The highest BCUT2D eigenvalue weighted by Gasteiger charge is 2.29. The Hall–Kier alpha value is -2.71. The van der Waals surface area contributed by atoms with Crippen LogP contribution in [0.15, 0.2) is 70.8 Å². The molecule has 4 aromatic rings. The zero-order valence-electron chi connectivity index (χ0n) is 18.7. The summed E-state index contributed by atoms with van der Waals surface area (Å²) in [5, 5.41) is 3.02. The lowest BCUT2D eigenvalue weighted by molar-refractivity contribution is 0.0664. The van der Waals surface area contributed by atoms with Gasteiger partial charge < -0.3 is 10.6 Å². The molecule has 34 heavy (non-hydrogen) atoms. The van der Waals surface area contributed by atoms with Crippen LogP contribution in [-0.2, 0) is 6.54 Å². The van der Waals surface area contributed by atoms with Crippen molar-refractivity contribution in [2.45, 2.75) is 25.9 Å². The van der Waals surface area contributed by atoms with E-state index in [9.17, 15) is 9.59 Å². The summed E-state index contributed by atoms with van der Waals surface area (Å²) in [6.07, 6.45) is 0.581. The number of amides is 1. The lowest BCUT2D eigenvalue weighted by Crippen LogP contribution is -2.41. The quantitative estimate of drug-likeness (QED) is 0.351. The van der Waals surface area contributed by atoms with Crippen LogP contribution in [0.25, 0.3) is 10.2 Å². The smallest absolute Gasteiger partial charge is 0.262 e. The minimum atomic E-state index is -0.417. The predicted octanol–water partition coefficient (Wildman–Crippen LogP) is 5.13. The lowest BCUT2D eigenvalue weighted by Gasteiger charge is -2.32.